The van der Waals surface area contributed by atoms with Gasteiger partial charge in [-0.25, -0.2) is 9.82 Å². The topological polar surface area (TPSA) is 89.0 Å². The second-order valence-electron chi connectivity index (χ2n) is 7.02. The molecule has 0 heterocycles. The molecule has 3 aromatic carbocycles. The number of hydrogen-bond donors (Lipinski definition) is 2. The van der Waals surface area contributed by atoms with Crippen LogP contribution in [0.2, 0.25) is 0 Å². The van der Waals surface area contributed by atoms with Crippen LogP contribution in [-0.4, -0.2) is 24.6 Å². The molecule has 8 heteroatoms. The van der Waals surface area contributed by atoms with E-state index < -0.39 is 5.91 Å². The van der Waals surface area contributed by atoms with Crippen molar-refractivity contribution in [3.8, 4) is 11.5 Å². The summed E-state index contributed by atoms with van der Waals surface area (Å²) >= 11 is 0. The fraction of sp³-hybridized carbons (Fsp3) is 0.160. The number of hydrogen-bond acceptors (Lipinski definition) is 5. The van der Waals surface area contributed by atoms with Gasteiger partial charge in [-0.2, -0.15) is 5.10 Å². The predicted molar refractivity (Wildman–Crippen MR) is 124 cm³/mol. The van der Waals surface area contributed by atoms with E-state index in [0.29, 0.717) is 34.9 Å². The number of anilines is 1. The van der Waals surface area contributed by atoms with Gasteiger partial charge >= 0.3 is 0 Å². The van der Waals surface area contributed by atoms with Crippen LogP contribution in [0.25, 0.3) is 0 Å². The van der Waals surface area contributed by atoms with Crippen LogP contribution in [0, 0.1) is 5.82 Å². The summed E-state index contributed by atoms with van der Waals surface area (Å²) in [5, 5.41) is 6.63. The number of ether oxygens (including phenoxy) is 2. The van der Waals surface area contributed by atoms with Crippen molar-refractivity contribution in [3.05, 3.63) is 89.2 Å². The first kappa shape index (κ1) is 23.5. The van der Waals surface area contributed by atoms with Gasteiger partial charge in [0.15, 0.2) is 11.5 Å². The maximum absolute atomic E-state index is 13.1. The van der Waals surface area contributed by atoms with Crippen molar-refractivity contribution in [1.82, 2.24) is 5.43 Å². The van der Waals surface area contributed by atoms with Crippen LogP contribution < -0.4 is 20.2 Å². The summed E-state index contributed by atoms with van der Waals surface area (Å²) in [6, 6.07) is 17.9. The number of benzene rings is 3. The minimum Gasteiger partial charge on any atom is -0.490 e. The number of nitrogens with zero attached hydrogens (tertiary/aromatic N) is 1. The molecule has 0 unspecified atom stereocenters. The Hall–Kier alpha value is -4.20. The van der Waals surface area contributed by atoms with Gasteiger partial charge in [-0.3, -0.25) is 9.59 Å². The Kier molecular flexibility index (Phi) is 8.13. The Morgan fingerprint density at radius 1 is 1.00 bits per heavy atom. The summed E-state index contributed by atoms with van der Waals surface area (Å²) in [4.78, 5) is 23.5. The summed E-state index contributed by atoms with van der Waals surface area (Å²) in [6.45, 7) is 3.96. The summed E-state index contributed by atoms with van der Waals surface area (Å²) in [6.07, 6.45) is 1.49. The first-order valence-corrected chi connectivity index (χ1v) is 10.3. The molecular formula is C25H24FN3O4. The molecular weight excluding hydrogens is 425 g/mol. The van der Waals surface area contributed by atoms with Gasteiger partial charge in [-0.15, -0.1) is 0 Å². The maximum Gasteiger partial charge on any atom is 0.271 e. The molecule has 0 spiro atoms. The zero-order chi connectivity index (χ0) is 23.6. The van der Waals surface area contributed by atoms with E-state index in [4.69, 9.17) is 9.47 Å². The molecule has 0 aliphatic rings. The zero-order valence-corrected chi connectivity index (χ0v) is 18.3. The Balaban J connectivity index is 1.64. The highest BCUT2D eigenvalue weighted by atomic mass is 19.1. The Morgan fingerprint density at radius 3 is 2.52 bits per heavy atom. The summed E-state index contributed by atoms with van der Waals surface area (Å²) in [5.74, 6) is 0.128. The SMILES string of the molecule is CCOc1cc(/C=N\NC(=O)c2cccc(NC(C)=O)c2)ccc1OCc1ccc(F)cc1. The molecule has 0 fully saturated rings. The third-order valence-electron chi connectivity index (χ3n) is 4.40. The van der Waals surface area contributed by atoms with Gasteiger partial charge in [0.2, 0.25) is 5.91 Å². The van der Waals surface area contributed by atoms with Crippen molar-refractivity contribution in [2.45, 2.75) is 20.5 Å². The number of carbonyl (C=O) groups is 2. The lowest BCUT2D eigenvalue weighted by atomic mass is 10.2. The third kappa shape index (κ3) is 7.17. The quantitative estimate of drug-likeness (QED) is 0.371. The van der Waals surface area contributed by atoms with Gasteiger partial charge in [0.1, 0.15) is 12.4 Å². The average Bonchev–Trinajstić information content (AvgIpc) is 2.79. The van der Waals surface area contributed by atoms with E-state index in [-0.39, 0.29) is 18.3 Å². The molecule has 3 rings (SSSR count). The summed E-state index contributed by atoms with van der Waals surface area (Å²) < 4.78 is 24.5. The normalized spacial score (nSPS) is 10.6. The molecule has 7 nitrogen and oxygen atoms in total. The zero-order valence-electron chi connectivity index (χ0n) is 18.3. The Labute approximate surface area is 191 Å². The van der Waals surface area contributed by atoms with Gasteiger partial charge < -0.3 is 14.8 Å². The van der Waals surface area contributed by atoms with Gasteiger partial charge in [-0.1, -0.05) is 18.2 Å². The van der Waals surface area contributed by atoms with Crippen LogP contribution in [-0.2, 0) is 11.4 Å². The molecule has 0 aliphatic carbocycles. The Bertz CT molecular complexity index is 1150. The van der Waals surface area contributed by atoms with Gasteiger partial charge in [0.05, 0.1) is 12.8 Å². The molecule has 0 bridgehead atoms. The molecule has 0 radical (unpaired) electrons. The van der Waals surface area contributed by atoms with Gasteiger partial charge in [-0.05, 0) is 66.6 Å². The lowest BCUT2D eigenvalue weighted by molar-refractivity contribution is -0.114. The number of amides is 2. The molecule has 0 saturated heterocycles. The fourth-order valence-electron chi connectivity index (χ4n) is 2.91. The van der Waals surface area contributed by atoms with Crippen molar-refractivity contribution in [1.29, 1.82) is 0 Å². The van der Waals surface area contributed by atoms with E-state index in [1.807, 2.05) is 6.92 Å². The molecule has 2 amide bonds. The fourth-order valence-corrected chi connectivity index (χ4v) is 2.91. The van der Waals surface area contributed by atoms with E-state index in [0.717, 1.165) is 5.56 Å². The average molecular weight is 449 g/mol. The lowest BCUT2D eigenvalue weighted by Crippen LogP contribution is -2.18. The minimum atomic E-state index is -0.414. The number of carbonyl (C=O) groups excluding carboxylic acids is 2. The predicted octanol–water partition coefficient (Wildman–Crippen LogP) is 4.53. The van der Waals surface area contributed by atoms with E-state index in [1.54, 1.807) is 54.6 Å². The lowest BCUT2D eigenvalue weighted by Gasteiger charge is -2.12. The van der Waals surface area contributed by atoms with E-state index in [2.05, 4.69) is 15.8 Å². The largest absolute Gasteiger partial charge is 0.490 e. The van der Waals surface area contributed by atoms with Gasteiger partial charge in [0, 0.05) is 18.2 Å². The monoisotopic (exact) mass is 449 g/mol. The molecule has 0 aliphatic heterocycles. The molecule has 0 atom stereocenters. The van der Waals surface area contributed by atoms with E-state index in [9.17, 15) is 14.0 Å². The van der Waals surface area contributed by atoms with E-state index in [1.165, 1.54) is 25.3 Å². The number of halogens is 1. The summed E-state index contributed by atoms with van der Waals surface area (Å²) in [5.41, 5.74) is 4.87. The molecule has 3 aromatic rings. The van der Waals surface area contributed by atoms with E-state index >= 15 is 0 Å². The highest BCUT2D eigenvalue weighted by molar-refractivity contribution is 5.97. The molecule has 170 valence electrons. The second-order valence-corrected chi connectivity index (χ2v) is 7.02. The smallest absolute Gasteiger partial charge is 0.271 e. The Morgan fingerprint density at radius 2 is 1.79 bits per heavy atom. The van der Waals surface area contributed by atoms with Crippen LogP contribution in [0.5, 0.6) is 11.5 Å². The summed E-state index contributed by atoms with van der Waals surface area (Å²) in [7, 11) is 0. The van der Waals surface area contributed by atoms with Crippen molar-refractivity contribution in [2.24, 2.45) is 5.10 Å². The third-order valence-corrected chi connectivity index (χ3v) is 4.40. The minimum absolute atomic E-state index is 0.222. The highest BCUT2D eigenvalue weighted by Crippen LogP contribution is 2.29. The number of hydrazone groups is 1. The van der Waals surface area contributed by atoms with Crippen molar-refractivity contribution < 1.29 is 23.5 Å². The van der Waals surface area contributed by atoms with Crippen LogP contribution >= 0.6 is 0 Å². The first-order valence-electron chi connectivity index (χ1n) is 10.3. The number of nitrogens with one attached hydrogen (secondary N) is 2. The van der Waals surface area contributed by atoms with Crippen LogP contribution in [0.3, 0.4) is 0 Å². The molecule has 0 aromatic heterocycles. The molecule has 33 heavy (non-hydrogen) atoms. The standard InChI is InChI=1S/C25H24FN3O4/c1-3-32-24-13-19(9-12-23(24)33-16-18-7-10-21(26)11-8-18)15-27-29-25(31)20-5-4-6-22(14-20)28-17(2)30/h4-15H,3,16H2,1-2H3,(H,28,30)(H,29,31)/b27-15-. The van der Waals surface area contributed by atoms with Crippen molar-refractivity contribution in [2.75, 3.05) is 11.9 Å². The molecule has 0 saturated carbocycles. The van der Waals surface area contributed by atoms with Crippen molar-refractivity contribution in [3.63, 3.8) is 0 Å². The van der Waals surface area contributed by atoms with Crippen molar-refractivity contribution >= 4 is 23.7 Å². The van der Waals surface area contributed by atoms with Crippen LogP contribution in [0.15, 0.2) is 71.8 Å². The second kappa shape index (κ2) is 11.4. The maximum atomic E-state index is 13.1. The van der Waals surface area contributed by atoms with Crippen LogP contribution in [0.1, 0.15) is 35.3 Å². The van der Waals surface area contributed by atoms with Crippen LogP contribution in [0.4, 0.5) is 10.1 Å². The number of rotatable bonds is 9. The van der Waals surface area contributed by atoms with Gasteiger partial charge in [0.25, 0.3) is 5.91 Å². The first-order chi connectivity index (χ1) is 15.9. The molecule has 2 N–H and O–H groups in total. The highest BCUT2D eigenvalue weighted by Gasteiger charge is 2.08.